The van der Waals surface area contributed by atoms with Crippen LogP contribution in [0.2, 0.25) is 5.02 Å². The molecule has 2 saturated carbocycles. The fraction of sp³-hybridized carbons (Fsp3) is 0.467. The molecule has 23 heteroatoms. The first kappa shape index (κ1) is 49.2. The molecule has 5 aromatic rings. The Hall–Kier alpha value is -5.27. The van der Waals surface area contributed by atoms with E-state index in [0.29, 0.717) is 36.4 Å². The summed E-state index contributed by atoms with van der Waals surface area (Å²) in [6.45, 7) is 3.20. The molecule has 2 aromatic carbocycles. The number of fused-ring (bicyclic) bond motifs is 2. The van der Waals surface area contributed by atoms with Crippen LogP contribution in [0.15, 0.2) is 42.5 Å². The summed E-state index contributed by atoms with van der Waals surface area (Å²) in [4.78, 5) is 19.0. The molecule has 3 aliphatic carbocycles. The van der Waals surface area contributed by atoms with E-state index in [-0.39, 0.29) is 61.5 Å². The van der Waals surface area contributed by atoms with Crippen LogP contribution in [0.5, 0.6) is 0 Å². The first-order chi connectivity index (χ1) is 31.8. The van der Waals surface area contributed by atoms with Gasteiger partial charge < -0.3 is 5.32 Å². The van der Waals surface area contributed by atoms with Gasteiger partial charge in [-0.2, -0.15) is 19.0 Å². The summed E-state index contributed by atoms with van der Waals surface area (Å²) in [5.74, 6) is -4.63. The number of halogens is 9. The molecule has 2 N–H and O–H groups in total. The van der Waals surface area contributed by atoms with Crippen LogP contribution in [0.3, 0.4) is 0 Å². The Balaban J connectivity index is 1.32. The summed E-state index contributed by atoms with van der Waals surface area (Å²) >= 11 is 6.68. The number of rotatable bonds is 16. The second-order valence-corrected chi connectivity index (χ2v) is 23.1. The van der Waals surface area contributed by atoms with Crippen molar-refractivity contribution in [3.8, 4) is 23.0 Å². The highest BCUT2D eigenvalue weighted by molar-refractivity contribution is 7.94. The van der Waals surface area contributed by atoms with Gasteiger partial charge in [0.1, 0.15) is 46.6 Å². The van der Waals surface area contributed by atoms with Crippen LogP contribution in [0.1, 0.15) is 106 Å². The number of hydrogen-bond donors (Lipinski definition) is 2. The fourth-order valence-corrected chi connectivity index (χ4v) is 12.1. The molecule has 2 fully saturated rings. The molecular weight excluding hydrogens is 970 g/mol. The van der Waals surface area contributed by atoms with Crippen LogP contribution in [0.4, 0.5) is 40.9 Å². The number of anilines is 1. The van der Waals surface area contributed by atoms with E-state index in [4.69, 9.17) is 16.6 Å². The third-order valence-electron chi connectivity index (χ3n) is 12.6. The van der Waals surface area contributed by atoms with E-state index in [0.717, 1.165) is 16.8 Å². The van der Waals surface area contributed by atoms with Crippen molar-refractivity contribution in [2.75, 3.05) is 10.5 Å². The van der Waals surface area contributed by atoms with Gasteiger partial charge in [-0.25, -0.2) is 48.2 Å². The number of nitrogens with zero attached hydrogens (tertiary/aromatic N) is 5. The molecule has 8 rings (SSSR count). The van der Waals surface area contributed by atoms with Crippen molar-refractivity contribution in [1.29, 1.82) is 0 Å². The summed E-state index contributed by atoms with van der Waals surface area (Å²) in [6, 6.07) is 6.35. The van der Waals surface area contributed by atoms with E-state index < -0.39 is 121 Å². The number of nitrogens with one attached hydrogen (secondary N) is 2. The summed E-state index contributed by atoms with van der Waals surface area (Å²) in [5, 5.41) is 9.76. The molecule has 12 nitrogen and oxygen atoms in total. The van der Waals surface area contributed by atoms with Crippen LogP contribution >= 0.6 is 11.6 Å². The zero-order valence-corrected chi connectivity index (χ0v) is 39.1. The molecule has 0 unspecified atom stereocenters. The number of benzene rings is 2. The quantitative estimate of drug-likeness (QED) is 0.0732. The predicted molar refractivity (Wildman–Crippen MR) is 237 cm³/mol. The predicted octanol–water partition coefficient (Wildman–Crippen LogP) is 9.23. The smallest absolute Gasteiger partial charge is 0.292 e. The average molecular weight is 1010 g/mol. The summed E-state index contributed by atoms with van der Waals surface area (Å²) in [6.07, 6.45) is -4.60. The molecule has 0 radical (unpaired) electrons. The second kappa shape index (κ2) is 17.9. The zero-order chi connectivity index (χ0) is 49.4. The highest BCUT2D eigenvalue weighted by Crippen LogP contribution is 2.54. The van der Waals surface area contributed by atoms with E-state index in [1.807, 2.05) is 0 Å². The number of hydrogen-bond acceptors (Lipinski definition) is 8. The second-order valence-electron chi connectivity index (χ2n) is 18.1. The first-order valence-electron chi connectivity index (χ1n) is 21.5. The number of alkyl halides is 6. The van der Waals surface area contributed by atoms with Crippen LogP contribution in [-0.4, -0.2) is 69.5 Å². The Kier molecular flexibility index (Phi) is 13.0. The third-order valence-corrected chi connectivity index (χ3v) is 17.2. The van der Waals surface area contributed by atoms with E-state index in [1.165, 1.54) is 52.0 Å². The number of amides is 1. The lowest BCUT2D eigenvalue weighted by Gasteiger charge is -2.24. The van der Waals surface area contributed by atoms with Crippen LogP contribution in [0.25, 0.3) is 22.0 Å². The Morgan fingerprint density at radius 3 is 2.21 bits per heavy atom. The lowest BCUT2D eigenvalue weighted by molar-refractivity contribution is -0.123. The van der Waals surface area contributed by atoms with Gasteiger partial charge in [-0.15, -0.1) is 0 Å². The third kappa shape index (κ3) is 9.66. The molecule has 0 aliphatic heterocycles. The van der Waals surface area contributed by atoms with Crippen molar-refractivity contribution in [1.82, 2.24) is 29.9 Å². The number of carbonyl (C=O) groups is 1. The summed E-state index contributed by atoms with van der Waals surface area (Å²) in [5.41, 5.74) is -2.73. The molecule has 3 atom stereocenters. The molecule has 364 valence electrons. The molecule has 1 amide bonds. The molecule has 3 heterocycles. The first-order valence-corrected chi connectivity index (χ1v) is 25.1. The van der Waals surface area contributed by atoms with Gasteiger partial charge in [-0.1, -0.05) is 37.4 Å². The monoisotopic (exact) mass is 1010 g/mol. The standard InChI is InChI=1S/C45H44ClF8N7O5S2/c1-22-23(2)45(53,54)41-36(22)39(42(51)52)57-61(41)20-35(62)56-33(17-25-15-26(47)18-27(48)16-25)38-30(10-7-28(55-38)13-14-44(3,4)68(65,66)29-8-9-29)31-11-12-32(46)37-40(31)60(19-34(49)50)58-43(37)59-67(63,64)21-24-5-6-24/h7,10-12,15-16,18,22-24,29,33-34,42H,5-6,8-9,17,19-21H2,1-4H3,(H,56,62)(H,58,59)/t22-,23+,33-/m0/s1. The molecule has 0 bridgehead atoms. The maximum atomic E-state index is 15.8. The van der Waals surface area contributed by atoms with Crippen LogP contribution in [-0.2, 0) is 50.1 Å². The topological polar surface area (TPSA) is 158 Å². The Bertz CT molecular complexity index is 3110. The minimum atomic E-state index is -4.08. The minimum Gasteiger partial charge on any atom is -0.346 e. The van der Waals surface area contributed by atoms with Crippen molar-refractivity contribution in [3.63, 3.8) is 0 Å². The Morgan fingerprint density at radius 1 is 0.926 bits per heavy atom. The van der Waals surface area contributed by atoms with Crippen molar-refractivity contribution in [2.24, 2.45) is 11.8 Å². The van der Waals surface area contributed by atoms with E-state index >= 15 is 8.78 Å². The zero-order valence-electron chi connectivity index (χ0n) is 36.7. The number of pyridine rings is 1. The minimum absolute atomic E-state index is 0.00112. The molecular formula is C45H44ClF8N7O5S2. The lowest BCUT2D eigenvalue weighted by Crippen LogP contribution is -2.35. The number of aromatic nitrogens is 5. The van der Waals surface area contributed by atoms with Gasteiger partial charge in [0.05, 0.1) is 38.7 Å². The lowest BCUT2D eigenvalue weighted by atomic mass is 9.93. The van der Waals surface area contributed by atoms with E-state index in [1.54, 1.807) is 0 Å². The summed E-state index contributed by atoms with van der Waals surface area (Å²) in [7, 11) is -7.84. The van der Waals surface area contributed by atoms with Gasteiger partial charge in [0.15, 0.2) is 15.7 Å². The van der Waals surface area contributed by atoms with Crippen LogP contribution < -0.4 is 10.0 Å². The van der Waals surface area contributed by atoms with Gasteiger partial charge in [0.25, 0.3) is 18.8 Å². The highest BCUT2D eigenvalue weighted by Gasteiger charge is 2.55. The van der Waals surface area contributed by atoms with Crippen molar-refractivity contribution < 1.29 is 56.8 Å². The Morgan fingerprint density at radius 2 is 1.59 bits per heavy atom. The number of sulfone groups is 1. The normalized spacial score (nSPS) is 18.8. The number of carbonyl (C=O) groups excluding carboxylic acids is 1. The maximum absolute atomic E-state index is 15.8. The van der Waals surface area contributed by atoms with E-state index in [2.05, 4.69) is 32.1 Å². The Labute approximate surface area is 391 Å². The van der Waals surface area contributed by atoms with Crippen LogP contribution in [0, 0.1) is 35.3 Å². The SMILES string of the molecule is C[C@@H]1c2c(C(F)F)nn(CC(=O)N[C@@H](Cc3cc(F)cc(F)c3)c3nc(C#CC(C)(C)S(=O)(=O)C4CC4)ccc3-c3ccc(Cl)c4c(NS(=O)(=O)CC5CC5)nn(CC(F)F)c34)c2C(F)(F)[C@@H]1C. The van der Waals surface area contributed by atoms with Gasteiger partial charge in [0, 0.05) is 28.7 Å². The molecule has 0 saturated heterocycles. The van der Waals surface area contributed by atoms with Gasteiger partial charge in [0.2, 0.25) is 15.9 Å². The average Bonchev–Trinajstić information content (AvgIpc) is 4.17. The summed E-state index contributed by atoms with van der Waals surface area (Å²) < 4.78 is 174. The molecule has 3 aliphatic rings. The largest absolute Gasteiger partial charge is 0.346 e. The van der Waals surface area contributed by atoms with Gasteiger partial charge in [-0.05, 0) is 99.6 Å². The van der Waals surface area contributed by atoms with Gasteiger partial charge >= 0.3 is 0 Å². The molecule has 68 heavy (non-hydrogen) atoms. The highest BCUT2D eigenvalue weighted by atomic mass is 35.5. The van der Waals surface area contributed by atoms with Crippen molar-refractivity contribution >= 4 is 54.1 Å². The molecule has 0 spiro atoms. The van der Waals surface area contributed by atoms with Gasteiger partial charge in [-0.3, -0.25) is 18.9 Å². The van der Waals surface area contributed by atoms with Crippen molar-refractivity contribution in [2.45, 2.75) is 114 Å². The maximum Gasteiger partial charge on any atom is 0.292 e. The fourth-order valence-electron chi connectivity index (χ4n) is 8.64. The van der Waals surface area contributed by atoms with E-state index in [9.17, 15) is 48.0 Å². The molecule has 3 aromatic heterocycles. The van der Waals surface area contributed by atoms with Crippen molar-refractivity contribution in [3.05, 3.63) is 93.0 Å². The number of sulfonamides is 1.